The molecule has 0 bridgehead atoms. The maximum absolute atomic E-state index is 13.4. The summed E-state index contributed by atoms with van der Waals surface area (Å²) in [5.41, 5.74) is 2.46. The Morgan fingerprint density at radius 3 is 2.08 bits per heavy atom. The zero-order valence-electron chi connectivity index (χ0n) is 20.4. The Hall–Kier alpha value is -4.68. The van der Waals surface area contributed by atoms with Crippen LogP contribution in [0.4, 0.5) is 0 Å². The van der Waals surface area contributed by atoms with E-state index >= 15 is 0 Å². The van der Waals surface area contributed by atoms with Gasteiger partial charge in [-0.1, -0.05) is 24.3 Å². The Kier molecular flexibility index (Phi) is 9.35. The minimum atomic E-state index is -1.02. The number of hydrogen-bond donors (Lipinski definition) is 1. The topological polar surface area (TPSA) is 126 Å². The summed E-state index contributed by atoms with van der Waals surface area (Å²) in [5, 5.41) is 20.0. The second kappa shape index (κ2) is 12.9. The number of aliphatic hydroxyl groups is 1. The molecule has 190 valence electrons. The number of rotatable bonds is 10. The van der Waals surface area contributed by atoms with Crippen molar-refractivity contribution in [2.75, 3.05) is 27.4 Å². The third-order valence-electron chi connectivity index (χ3n) is 5.54. The van der Waals surface area contributed by atoms with E-state index < -0.39 is 18.0 Å². The van der Waals surface area contributed by atoms with Gasteiger partial charge in [-0.15, -0.1) is 0 Å². The first-order chi connectivity index (χ1) is 17.8. The largest absolute Gasteiger partial charge is 0.482 e. The van der Waals surface area contributed by atoms with Crippen molar-refractivity contribution in [3.63, 3.8) is 0 Å². The predicted octanol–water partition coefficient (Wildman–Crippen LogP) is 3.27. The molecule has 1 unspecified atom stereocenters. The standard InChI is InChI=1S/C28H26N2O7/c1-35-26(32)18-37-24-13-11-21(12-14-24)25(31)17-30(27(33)22-7-3-19(15-29)4-8-22)16-20-5-9-23(10-6-20)28(34)36-2/h3-14,25,31H,16-18H2,1-2H3. The molecule has 0 radical (unpaired) electrons. The van der Waals surface area contributed by atoms with Gasteiger partial charge in [0.05, 0.1) is 44.1 Å². The number of methoxy groups -OCH3 is 2. The molecule has 0 saturated heterocycles. The van der Waals surface area contributed by atoms with Crippen molar-refractivity contribution in [2.45, 2.75) is 12.6 Å². The molecule has 0 aliphatic carbocycles. The van der Waals surface area contributed by atoms with Crippen LogP contribution in [-0.2, 0) is 20.8 Å². The molecule has 0 aliphatic rings. The summed E-state index contributed by atoms with van der Waals surface area (Å²) in [5.74, 6) is -0.886. The molecule has 37 heavy (non-hydrogen) atoms. The molecule has 9 nitrogen and oxygen atoms in total. The lowest BCUT2D eigenvalue weighted by Gasteiger charge is -2.26. The average molecular weight is 503 g/mol. The van der Waals surface area contributed by atoms with Crippen molar-refractivity contribution in [3.05, 3.63) is 101 Å². The highest BCUT2D eigenvalue weighted by Crippen LogP contribution is 2.21. The first kappa shape index (κ1) is 26.9. The van der Waals surface area contributed by atoms with Crippen LogP contribution < -0.4 is 4.74 Å². The molecular formula is C28H26N2O7. The number of esters is 2. The summed E-state index contributed by atoms with van der Waals surface area (Å²) in [4.78, 5) is 37.8. The summed E-state index contributed by atoms with van der Waals surface area (Å²) in [6, 6.07) is 21.4. The first-order valence-electron chi connectivity index (χ1n) is 11.3. The van der Waals surface area contributed by atoms with Gasteiger partial charge in [0.15, 0.2) is 6.61 Å². The Morgan fingerprint density at radius 2 is 1.51 bits per heavy atom. The minimum Gasteiger partial charge on any atom is -0.482 e. The van der Waals surface area contributed by atoms with Crippen molar-refractivity contribution in [1.82, 2.24) is 4.90 Å². The molecule has 0 saturated carbocycles. The van der Waals surface area contributed by atoms with E-state index in [0.29, 0.717) is 28.0 Å². The van der Waals surface area contributed by atoms with Crippen LogP contribution in [-0.4, -0.2) is 55.2 Å². The maximum Gasteiger partial charge on any atom is 0.343 e. The number of nitrogens with zero attached hydrogens (tertiary/aromatic N) is 2. The van der Waals surface area contributed by atoms with Crippen molar-refractivity contribution in [3.8, 4) is 11.8 Å². The van der Waals surface area contributed by atoms with Gasteiger partial charge in [-0.25, -0.2) is 9.59 Å². The van der Waals surface area contributed by atoms with Crippen molar-refractivity contribution in [2.24, 2.45) is 0 Å². The number of ether oxygens (including phenoxy) is 3. The van der Waals surface area contributed by atoms with E-state index in [2.05, 4.69) is 4.74 Å². The highest BCUT2D eigenvalue weighted by molar-refractivity contribution is 5.94. The fraction of sp³-hybridized carbons (Fsp3) is 0.214. The van der Waals surface area contributed by atoms with Crippen LogP contribution >= 0.6 is 0 Å². The van der Waals surface area contributed by atoms with Crippen LogP contribution in [0.3, 0.4) is 0 Å². The van der Waals surface area contributed by atoms with Crippen molar-refractivity contribution in [1.29, 1.82) is 5.26 Å². The Balaban J connectivity index is 1.79. The van der Waals surface area contributed by atoms with Gasteiger partial charge >= 0.3 is 11.9 Å². The van der Waals surface area contributed by atoms with Gasteiger partial charge in [0, 0.05) is 12.1 Å². The zero-order chi connectivity index (χ0) is 26.8. The van der Waals surface area contributed by atoms with Crippen LogP contribution in [0.2, 0.25) is 0 Å². The monoisotopic (exact) mass is 502 g/mol. The van der Waals surface area contributed by atoms with Gasteiger partial charge in [0.1, 0.15) is 5.75 Å². The van der Waals surface area contributed by atoms with Crippen LogP contribution in [0.25, 0.3) is 0 Å². The lowest BCUT2D eigenvalue weighted by atomic mass is 10.1. The molecule has 1 atom stereocenters. The second-order valence-corrected chi connectivity index (χ2v) is 8.01. The van der Waals surface area contributed by atoms with E-state index in [1.807, 2.05) is 6.07 Å². The molecule has 3 rings (SSSR count). The quantitative estimate of drug-likeness (QED) is 0.419. The summed E-state index contributed by atoms with van der Waals surface area (Å²) >= 11 is 0. The van der Waals surface area contributed by atoms with E-state index in [9.17, 15) is 19.5 Å². The molecule has 3 aromatic carbocycles. The van der Waals surface area contributed by atoms with Gasteiger partial charge in [-0.3, -0.25) is 4.79 Å². The number of benzene rings is 3. The molecule has 1 amide bonds. The lowest BCUT2D eigenvalue weighted by molar-refractivity contribution is -0.142. The highest BCUT2D eigenvalue weighted by atomic mass is 16.6. The van der Waals surface area contributed by atoms with Crippen LogP contribution in [0, 0.1) is 11.3 Å². The highest BCUT2D eigenvalue weighted by Gasteiger charge is 2.21. The molecular weight excluding hydrogens is 476 g/mol. The smallest absolute Gasteiger partial charge is 0.343 e. The van der Waals surface area contributed by atoms with E-state index in [1.165, 1.54) is 19.1 Å². The van der Waals surface area contributed by atoms with E-state index in [4.69, 9.17) is 14.7 Å². The van der Waals surface area contributed by atoms with E-state index in [0.717, 1.165) is 5.56 Å². The number of hydrogen-bond acceptors (Lipinski definition) is 8. The number of nitriles is 1. The molecule has 9 heteroatoms. The Morgan fingerprint density at radius 1 is 0.892 bits per heavy atom. The molecule has 0 spiro atoms. The van der Waals surface area contributed by atoms with Gasteiger partial charge in [-0.2, -0.15) is 5.26 Å². The molecule has 1 N–H and O–H groups in total. The predicted molar refractivity (Wildman–Crippen MR) is 133 cm³/mol. The minimum absolute atomic E-state index is 0.0278. The zero-order valence-corrected chi connectivity index (χ0v) is 20.4. The van der Waals surface area contributed by atoms with E-state index in [-0.39, 0.29) is 25.6 Å². The fourth-order valence-electron chi connectivity index (χ4n) is 3.48. The average Bonchev–Trinajstić information content (AvgIpc) is 2.95. The number of aliphatic hydroxyl groups excluding tert-OH is 1. The Bertz CT molecular complexity index is 1260. The van der Waals surface area contributed by atoms with Crippen LogP contribution in [0.1, 0.15) is 43.5 Å². The van der Waals surface area contributed by atoms with Gasteiger partial charge in [-0.05, 0) is 59.7 Å². The number of amides is 1. The summed E-state index contributed by atoms with van der Waals surface area (Å²) < 4.78 is 14.6. The normalized spacial score (nSPS) is 11.1. The third kappa shape index (κ3) is 7.40. The molecule has 0 heterocycles. The van der Waals surface area contributed by atoms with Gasteiger partial charge in [0.2, 0.25) is 0 Å². The van der Waals surface area contributed by atoms with Crippen molar-refractivity contribution < 1.29 is 33.7 Å². The lowest BCUT2D eigenvalue weighted by Crippen LogP contribution is -2.34. The van der Waals surface area contributed by atoms with Crippen LogP contribution in [0.5, 0.6) is 5.75 Å². The third-order valence-corrected chi connectivity index (χ3v) is 5.54. The van der Waals surface area contributed by atoms with Crippen LogP contribution in [0.15, 0.2) is 72.8 Å². The first-order valence-corrected chi connectivity index (χ1v) is 11.3. The molecule has 0 aliphatic heterocycles. The Labute approximate surface area is 214 Å². The summed E-state index contributed by atoms with van der Waals surface area (Å²) in [7, 11) is 2.57. The number of carbonyl (C=O) groups excluding carboxylic acids is 3. The van der Waals surface area contributed by atoms with Crippen molar-refractivity contribution >= 4 is 17.8 Å². The molecule has 0 fully saturated rings. The molecule has 0 aromatic heterocycles. The maximum atomic E-state index is 13.4. The van der Waals surface area contributed by atoms with Gasteiger partial charge in [0.25, 0.3) is 5.91 Å². The second-order valence-electron chi connectivity index (χ2n) is 8.01. The number of carbonyl (C=O) groups is 3. The summed E-state index contributed by atoms with van der Waals surface area (Å²) in [6.07, 6.45) is -1.02. The van der Waals surface area contributed by atoms with Gasteiger partial charge < -0.3 is 24.2 Å². The summed E-state index contributed by atoms with van der Waals surface area (Å²) in [6.45, 7) is -0.0995. The fourth-order valence-corrected chi connectivity index (χ4v) is 3.48. The SMILES string of the molecule is COC(=O)COc1ccc(C(O)CN(Cc2ccc(C(=O)OC)cc2)C(=O)c2ccc(C#N)cc2)cc1. The van der Waals surface area contributed by atoms with E-state index in [1.54, 1.807) is 72.8 Å². The molecule has 3 aromatic rings.